The number of amides is 1. The molecule has 62 valence electrons. The molecular formula is C9H9NO2. The van der Waals surface area contributed by atoms with E-state index in [9.17, 15) is 10.0 Å². The Morgan fingerprint density at radius 1 is 1.42 bits per heavy atom. The zero-order chi connectivity index (χ0) is 8.72. The molecule has 0 aromatic heterocycles. The topological polar surface area (TPSA) is 40.5 Å². The van der Waals surface area contributed by atoms with Crippen LogP contribution in [0, 0.1) is 0 Å². The van der Waals surface area contributed by atoms with Gasteiger partial charge in [0, 0.05) is 5.56 Å². The molecule has 3 heteroatoms. The highest BCUT2D eigenvalue weighted by atomic mass is 16.5. The maximum Gasteiger partial charge on any atom is 0.278 e. The van der Waals surface area contributed by atoms with Gasteiger partial charge in [-0.2, -0.15) is 0 Å². The van der Waals surface area contributed by atoms with Crippen LogP contribution in [0.2, 0.25) is 0 Å². The molecule has 0 spiro atoms. The van der Waals surface area contributed by atoms with Crippen molar-refractivity contribution in [2.45, 2.75) is 13.0 Å². The number of hydrogen-bond acceptors (Lipinski definition) is 2. The lowest BCUT2D eigenvalue weighted by atomic mass is 10.1. The zero-order valence-electron chi connectivity index (χ0n) is 6.69. The highest BCUT2D eigenvalue weighted by molar-refractivity contribution is 5.98. The second-order valence-electron chi connectivity index (χ2n) is 2.91. The number of carbonyl (C=O) groups excluding carboxylic acids is 1. The van der Waals surface area contributed by atoms with Crippen LogP contribution in [0.1, 0.15) is 28.9 Å². The summed E-state index contributed by atoms with van der Waals surface area (Å²) >= 11 is 0. The van der Waals surface area contributed by atoms with Gasteiger partial charge in [-0.05, 0) is 18.6 Å². The van der Waals surface area contributed by atoms with Gasteiger partial charge in [0.05, 0.1) is 6.04 Å². The standard InChI is InChI=1S/C9H9NO2/c1-6-7-4-2-3-5-8(7)9(11)10(6)12/h2-6,12H,1H3. The first-order chi connectivity index (χ1) is 5.72. The second-order valence-corrected chi connectivity index (χ2v) is 2.91. The normalized spacial score (nSPS) is 21.3. The number of nitrogens with zero attached hydrogens (tertiary/aromatic N) is 1. The minimum Gasteiger partial charge on any atom is -0.285 e. The van der Waals surface area contributed by atoms with Gasteiger partial charge in [0.15, 0.2) is 0 Å². The largest absolute Gasteiger partial charge is 0.285 e. The van der Waals surface area contributed by atoms with Crippen LogP contribution in [0.4, 0.5) is 0 Å². The van der Waals surface area contributed by atoms with Crippen molar-refractivity contribution in [1.82, 2.24) is 5.06 Å². The molecule has 1 unspecified atom stereocenters. The lowest BCUT2D eigenvalue weighted by Crippen LogP contribution is -2.21. The molecule has 0 saturated heterocycles. The summed E-state index contributed by atoms with van der Waals surface area (Å²) in [6, 6.07) is 7.02. The van der Waals surface area contributed by atoms with Crippen molar-refractivity contribution >= 4 is 5.91 Å². The third-order valence-electron chi connectivity index (χ3n) is 2.22. The number of carbonyl (C=O) groups is 1. The molecule has 0 bridgehead atoms. The van der Waals surface area contributed by atoms with Crippen molar-refractivity contribution in [1.29, 1.82) is 0 Å². The Balaban J connectivity index is 2.59. The molecule has 3 nitrogen and oxygen atoms in total. The zero-order valence-corrected chi connectivity index (χ0v) is 6.69. The van der Waals surface area contributed by atoms with E-state index >= 15 is 0 Å². The van der Waals surface area contributed by atoms with E-state index in [0.29, 0.717) is 5.56 Å². The van der Waals surface area contributed by atoms with Crippen LogP contribution >= 0.6 is 0 Å². The summed E-state index contributed by atoms with van der Waals surface area (Å²) in [5, 5.41) is 10.0. The summed E-state index contributed by atoms with van der Waals surface area (Å²) in [5.41, 5.74) is 1.50. The first-order valence-electron chi connectivity index (χ1n) is 3.83. The van der Waals surface area contributed by atoms with Gasteiger partial charge in [-0.1, -0.05) is 18.2 Å². The smallest absolute Gasteiger partial charge is 0.278 e. The maximum atomic E-state index is 11.3. The van der Waals surface area contributed by atoms with Gasteiger partial charge in [0.2, 0.25) is 0 Å². The lowest BCUT2D eigenvalue weighted by Gasteiger charge is -2.11. The van der Waals surface area contributed by atoms with Gasteiger partial charge < -0.3 is 0 Å². The Bertz CT molecular complexity index is 335. The van der Waals surface area contributed by atoms with Gasteiger partial charge >= 0.3 is 0 Å². The van der Waals surface area contributed by atoms with Crippen LogP contribution in [0.3, 0.4) is 0 Å². The Morgan fingerprint density at radius 2 is 2.08 bits per heavy atom. The minimum atomic E-state index is -0.307. The molecule has 1 amide bonds. The predicted octanol–water partition coefficient (Wildman–Crippen LogP) is 1.59. The monoisotopic (exact) mass is 163 g/mol. The van der Waals surface area contributed by atoms with Gasteiger partial charge in [0.25, 0.3) is 5.91 Å². The van der Waals surface area contributed by atoms with Crippen molar-refractivity contribution in [3.05, 3.63) is 35.4 Å². The predicted molar refractivity (Wildman–Crippen MR) is 42.8 cm³/mol. The number of hydroxylamine groups is 2. The molecule has 1 aliphatic heterocycles. The second kappa shape index (κ2) is 2.32. The molecule has 1 aromatic carbocycles. The van der Waals surface area contributed by atoms with Crippen LogP contribution in [-0.4, -0.2) is 16.2 Å². The summed E-state index contributed by atoms with van der Waals surface area (Å²) in [4.78, 5) is 11.3. The van der Waals surface area contributed by atoms with Gasteiger partial charge in [-0.25, -0.2) is 5.06 Å². The van der Waals surface area contributed by atoms with Crippen LogP contribution in [0.5, 0.6) is 0 Å². The molecule has 1 heterocycles. The number of hydrogen-bond donors (Lipinski definition) is 1. The number of fused-ring (bicyclic) bond motifs is 1. The van der Waals surface area contributed by atoms with E-state index in [0.717, 1.165) is 10.6 Å². The molecule has 2 rings (SSSR count). The molecule has 1 aromatic rings. The Labute approximate surface area is 70.2 Å². The summed E-state index contributed by atoms with van der Waals surface area (Å²) in [6.45, 7) is 1.80. The minimum absolute atomic E-state index is 0.214. The summed E-state index contributed by atoms with van der Waals surface area (Å²) < 4.78 is 0. The number of benzene rings is 1. The highest BCUT2D eigenvalue weighted by Gasteiger charge is 2.32. The van der Waals surface area contributed by atoms with Crippen molar-refractivity contribution in [2.24, 2.45) is 0 Å². The first kappa shape index (κ1) is 7.31. The summed E-state index contributed by atoms with van der Waals surface area (Å²) in [5.74, 6) is -0.307. The Morgan fingerprint density at radius 3 is 2.75 bits per heavy atom. The fourth-order valence-corrected chi connectivity index (χ4v) is 1.49. The quantitative estimate of drug-likeness (QED) is 0.590. The van der Waals surface area contributed by atoms with Crippen LogP contribution < -0.4 is 0 Å². The fourth-order valence-electron chi connectivity index (χ4n) is 1.49. The van der Waals surface area contributed by atoms with E-state index in [1.54, 1.807) is 19.1 Å². The molecule has 12 heavy (non-hydrogen) atoms. The molecule has 1 aliphatic rings. The third kappa shape index (κ3) is 0.769. The van der Waals surface area contributed by atoms with Gasteiger partial charge in [-0.3, -0.25) is 10.0 Å². The third-order valence-corrected chi connectivity index (χ3v) is 2.22. The van der Waals surface area contributed by atoms with Gasteiger partial charge in [0.1, 0.15) is 0 Å². The first-order valence-corrected chi connectivity index (χ1v) is 3.83. The van der Waals surface area contributed by atoms with Crippen LogP contribution in [0.25, 0.3) is 0 Å². The molecular weight excluding hydrogens is 154 g/mol. The molecule has 0 fully saturated rings. The molecule has 0 radical (unpaired) electrons. The average Bonchev–Trinajstić information content (AvgIpc) is 2.33. The van der Waals surface area contributed by atoms with E-state index in [4.69, 9.17) is 0 Å². The van der Waals surface area contributed by atoms with Crippen LogP contribution in [0.15, 0.2) is 24.3 Å². The van der Waals surface area contributed by atoms with E-state index in [1.807, 2.05) is 12.1 Å². The fraction of sp³-hybridized carbons (Fsp3) is 0.222. The van der Waals surface area contributed by atoms with E-state index in [2.05, 4.69) is 0 Å². The molecule has 0 aliphatic carbocycles. The highest BCUT2D eigenvalue weighted by Crippen LogP contribution is 2.30. The van der Waals surface area contributed by atoms with Crippen LogP contribution in [-0.2, 0) is 0 Å². The van der Waals surface area contributed by atoms with E-state index in [-0.39, 0.29) is 11.9 Å². The number of rotatable bonds is 0. The Kier molecular flexibility index (Phi) is 1.41. The molecule has 0 saturated carbocycles. The molecule has 1 N–H and O–H groups in total. The van der Waals surface area contributed by atoms with E-state index in [1.165, 1.54) is 0 Å². The lowest BCUT2D eigenvalue weighted by molar-refractivity contribution is -0.0777. The molecule has 1 atom stereocenters. The average molecular weight is 163 g/mol. The summed E-state index contributed by atoms with van der Waals surface area (Å²) in [6.07, 6.45) is 0. The van der Waals surface area contributed by atoms with E-state index < -0.39 is 0 Å². The van der Waals surface area contributed by atoms with Crippen molar-refractivity contribution in [3.63, 3.8) is 0 Å². The maximum absolute atomic E-state index is 11.3. The summed E-state index contributed by atoms with van der Waals surface area (Å²) in [7, 11) is 0. The van der Waals surface area contributed by atoms with Crippen molar-refractivity contribution in [3.8, 4) is 0 Å². The SMILES string of the molecule is CC1c2ccccc2C(=O)N1O. The Hall–Kier alpha value is -1.35. The van der Waals surface area contributed by atoms with Crippen molar-refractivity contribution in [2.75, 3.05) is 0 Å². The van der Waals surface area contributed by atoms with Gasteiger partial charge in [-0.15, -0.1) is 0 Å². The van der Waals surface area contributed by atoms with Crippen molar-refractivity contribution < 1.29 is 10.0 Å².